The number of esters is 1. The fourth-order valence-electron chi connectivity index (χ4n) is 5.94. The number of urea groups is 1. The number of nitrogens with one attached hydrogen (secondary N) is 1. The molecule has 42 heavy (non-hydrogen) atoms. The van der Waals surface area contributed by atoms with Crippen molar-refractivity contribution in [1.82, 2.24) is 10.2 Å². The third-order valence-corrected chi connectivity index (χ3v) is 8.16. The minimum Gasteiger partial charge on any atom is -0.490 e. The van der Waals surface area contributed by atoms with Gasteiger partial charge < -0.3 is 24.4 Å². The molecular weight excluding hydrogens is 532 g/mol. The molecule has 220 valence electrons. The summed E-state index contributed by atoms with van der Waals surface area (Å²) in [5, 5.41) is 12.9. The van der Waals surface area contributed by atoms with Gasteiger partial charge in [-0.15, -0.1) is 0 Å². The van der Waals surface area contributed by atoms with Crippen LogP contribution in [-0.4, -0.2) is 55.7 Å². The molecule has 9 heteroatoms. The van der Waals surface area contributed by atoms with Crippen molar-refractivity contribution in [3.8, 4) is 11.8 Å². The maximum absolute atomic E-state index is 13.2. The third kappa shape index (κ3) is 6.28. The van der Waals surface area contributed by atoms with E-state index in [4.69, 9.17) is 19.2 Å². The van der Waals surface area contributed by atoms with Crippen molar-refractivity contribution in [3.63, 3.8) is 0 Å². The van der Waals surface area contributed by atoms with Crippen LogP contribution in [0.25, 0.3) is 5.70 Å². The van der Waals surface area contributed by atoms with E-state index in [0.717, 1.165) is 53.6 Å². The van der Waals surface area contributed by atoms with Crippen LogP contribution in [0, 0.1) is 17.2 Å². The number of carbonyl (C=O) groups excluding carboxylic acids is 2. The summed E-state index contributed by atoms with van der Waals surface area (Å²) < 4.78 is 16.6. The normalized spacial score (nSPS) is 18.6. The number of likely N-dealkylation sites (tertiary alicyclic amines) is 1. The Hall–Kier alpha value is -4.32. The largest absolute Gasteiger partial charge is 0.490 e. The molecule has 2 aliphatic heterocycles. The van der Waals surface area contributed by atoms with Gasteiger partial charge in [0.1, 0.15) is 18.4 Å². The number of rotatable bonds is 7. The highest BCUT2D eigenvalue weighted by molar-refractivity contribution is 6.00. The molecule has 1 fully saturated rings. The number of carbonyl (C=O) groups is 2. The van der Waals surface area contributed by atoms with Gasteiger partial charge in [-0.3, -0.25) is 4.79 Å². The van der Waals surface area contributed by atoms with Crippen molar-refractivity contribution >= 4 is 23.6 Å². The van der Waals surface area contributed by atoms with Gasteiger partial charge >= 0.3 is 12.0 Å². The summed E-state index contributed by atoms with van der Waals surface area (Å²) in [5.74, 6) is 1.08. The summed E-state index contributed by atoms with van der Waals surface area (Å²) in [6, 6.07) is 13.7. The first-order valence-electron chi connectivity index (χ1n) is 14.6. The number of hydrogen-bond donors (Lipinski definition) is 1. The fourth-order valence-corrected chi connectivity index (χ4v) is 5.94. The summed E-state index contributed by atoms with van der Waals surface area (Å²) in [7, 11) is 1.41. The molecular formula is C33H38N4O5. The Morgan fingerprint density at radius 1 is 1.19 bits per heavy atom. The van der Waals surface area contributed by atoms with Crippen molar-refractivity contribution in [2.75, 3.05) is 26.8 Å². The fraction of sp³-hybridized carbons (Fsp3) is 0.455. The summed E-state index contributed by atoms with van der Waals surface area (Å²) >= 11 is 0. The van der Waals surface area contributed by atoms with E-state index in [0.29, 0.717) is 43.3 Å². The van der Waals surface area contributed by atoms with Crippen molar-refractivity contribution < 1.29 is 23.8 Å². The highest BCUT2D eigenvalue weighted by Crippen LogP contribution is 2.38. The maximum atomic E-state index is 13.2. The van der Waals surface area contributed by atoms with Crippen LogP contribution in [0.2, 0.25) is 0 Å². The Morgan fingerprint density at radius 2 is 1.98 bits per heavy atom. The lowest BCUT2D eigenvalue weighted by atomic mass is 9.94. The van der Waals surface area contributed by atoms with Crippen LogP contribution in [0.5, 0.6) is 5.75 Å². The van der Waals surface area contributed by atoms with E-state index in [1.54, 1.807) is 12.1 Å². The minimum atomic E-state index is -0.191. The quantitative estimate of drug-likeness (QED) is 0.438. The van der Waals surface area contributed by atoms with Crippen LogP contribution in [0.4, 0.5) is 4.79 Å². The van der Waals surface area contributed by atoms with E-state index >= 15 is 0 Å². The van der Waals surface area contributed by atoms with Gasteiger partial charge in [0.15, 0.2) is 0 Å². The molecule has 1 saturated heterocycles. The maximum Gasteiger partial charge on any atom is 0.317 e. The number of benzene rings is 2. The Morgan fingerprint density at radius 3 is 2.69 bits per heavy atom. The zero-order valence-electron chi connectivity index (χ0n) is 24.7. The number of amides is 2. The lowest BCUT2D eigenvalue weighted by molar-refractivity contribution is -0.142. The Kier molecular flexibility index (Phi) is 8.81. The predicted molar refractivity (Wildman–Crippen MR) is 159 cm³/mol. The van der Waals surface area contributed by atoms with Gasteiger partial charge in [-0.25, -0.2) is 9.79 Å². The number of aliphatic imine (C=N–C) groups is 1. The molecule has 0 spiro atoms. The van der Waals surface area contributed by atoms with Gasteiger partial charge in [0.2, 0.25) is 5.90 Å². The molecule has 0 bridgehead atoms. The highest BCUT2D eigenvalue weighted by atomic mass is 16.5. The molecule has 5 rings (SSSR count). The van der Waals surface area contributed by atoms with Crippen LogP contribution in [0.3, 0.4) is 0 Å². The van der Waals surface area contributed by atoms with E-state index in [-0.39, 0.29) is 30.1 Å². The highest BCUT2D eigenvalue weighted by Gasteiger charge is 2.31. The molecule has 2 aromatic rings. The smallest absolute Gasteiger partial charge is 0.317 e. The van der Waals surface area contributed by atoms with Crippen LogP contribution < -0.4 is 10.1 Å². The number of nitriles is 1. The van der Waals surface area contributed by atoms with E-state index in [9.17, 15) is 14.9 Å². The third-order valence-electron chi connectivity index (χ3n) is 8.16. The first-order chi connectivity index (χ1) is 20.3. The lowest BCUT2D eigenvalue weighted by Crippen LogP contribution is -2.45. The minimum absolute atomic E-state index is 0.0394. The van der Waals surface area contributed by atoms with Gasteiger partial charge in [0.05, 0.1) is 30.5 Å². The van der Waals surface area contributed by atoms with Crippen LogP contribution in [0.15, 0.2) is 47.0 Å². The van der Waals surface area contributed by atoms with Crippen molar-refractivity contribution in [2.45, 2.75) is 65.0 Å². The standard InChI is InChI=1S/C33H38N4O5/c1-20(2)42-29-11-8-23(17-24(29)18-34)32-36-31(21(3)19-41-32)27-7-5-6-26-25(27)9-10-28(26)35-33(39)37-14-12-22(13-15-37)16-30(38)40-4/h5-8,11,17,20,22,28H,9-10,12-16,19H2,1-4H3,(H,35,39). The molecule has 2 aromatic carbocycles. The van der Waals surface area contributed by atoms with Gasteiger partial charge in [-0.1, -0.05) is 18.2 Å². The Balaban J connectivity index is 1.32. The molecule has 0 aromatic heterocycles. The van der Waals surface area contributed by atoms with E-state index in [1.165, 1.54) is 12.7 Å². The lowest BCUT2D eigenvalue weighted by Gasteiger charge is -2.32. The van der Waals surface area contributed by atoms with Gasteiger partial charge in [0, 0.05) is 30.6 Å². The molecule has 0 saturated carbocycles. The number of nitrogens with zero attached hydrogens (tertiary/aromatic N) is 3. The average molecular weight is 571 g/mol. The van der Waals surface area contributed by atoms with E-state index in [1.807, 2.05) is 37.8 Å². The summed E-state index contributed by atoms with van der Waals surface area (Å²) in [6.07, 6.45) is 3.62. The summed E-state index contributed by atoms with van der Waals surface area (Å²) in [4.78, 5) is 31.6. The van der Waals surface area contributed by atoms with Crippen LogP contribution in [0.1, 0.15) is 80.3 Å². The molecule has 0 radical (unpaired) electrons. The van der Waals surface area contributed by atoms with Crippen molar-refractivity contribution in [2.24, 2.45) is 10.9 Å². The molecule has 1 unspecified atom stereocenters. The monoisotopic (exact) mass is 570 g/mol. The molecule has 1 atom stereocenters. The molecule has 1 aliphatic carbocycles. The van der Waals surface area contributed by atoms with Gasteiger partial charge in [0.25, 0.3) is 0 Å². The SMILES string of the molecule is COC(=O)CC1CCN(C(=O)NC2CCc3c(C4=C(C)COC(c5ccc(OC(C)C)c(C#N)c5)=N4)cccc32)CC1. The Labute approximate surface area is 247 Å². The second-order valence-electron chi connectivity index (χ2n) is 11.4. The molecule has 1 N–H and O–H groups in total. The van der Waals surface area contributed by atoms with Gasteiger partial charge in [-0.05, 0) is 87.3 Å². The molecule has 9 nitrogen and oxygen atoms in total. The van der Waals surface area contributed by atoms with Crippen molar-refractivity contribution in [1.29, 1.82) is 5.26 Å². The van der Waals surface area contributed by atoms with Crippen LogP contribution >= 0.6 is 0 Å². The van der Waals surface area contributed by atoms with E-state index < -0.39 is 0 Å². The zero-order chi connectivity index (χ0) is 29.8. The summed E-state index contributed by atoms with van der Waals surface area (Å²) in [5.41, 5.74) is 6.41. The number of methoxy groups -OCH3 is 1. The molecule has 2 amide bonds. The second-order valence-corrected chi connectivity index (χ2v) is 11.4. The first-order valence-corrected chi connectivity index (χ1v) is 14.6. The topological polar surface area (TPSA) is 113 Å². The summed E-state index contributed by atoms with van der Waals surface area (Å²) in [6.45, 7) is 7.54. The number of piperidine rings is 1. The van der Waals surface area contributed by atoms with Gasteiger partial charge in [-0.2, -0.15) is 5.26 Å². The Bertz CT molecular complexity index is 1460. The predicted octanol–water partition coefficient (Wildman–Crippen LogP) is 5.53. The number of fused-ring (bicyclic) bond motifs is 1. The van der Waals surface area contributed by atoms with Crippen LogP contribution in [-0.2, 0) is 20.7 Å². The molecule has 3 aliphatic rings. The number of hydrogen-bond acceptors (Lipinski definition) is 7. The zero-order valence-corrected chi connectivity index (χ0v) is 24.7. The van der Waals surface area contributed by atoms with E-state index in [2.05, 4.69) is 23.5 Å². The van der Waals surface area contributed by atoms with Crippen molar-refractivity contribution in [3.05, 3.63) is 69.8 Å². The number of ether oxygens (including phenoxy) is 3. The molecule has 2 heterocycles. The second kappa shape index (κ2) is 12.7. The average Bonchev–Trinajstić information content (AvgIpc) is 3.40. The first kappa shape index (κ1) is 29.2.